The third-order valence-electron chi connectivity index (χ3n) is 7.62. The molecule has 2 aromatic carbocycles. The van der Waals surface area contributed by atoms with E-state index in [-0.39, 0.29) is 34.7 Å². The molecule has 2 aromatic rings. The molecule has 0 radical (unpaired) electrons. The third kappa shape index (κ3) is 6.16. The molecule has 0 unspecified atom stereocenters. The first-order valence-corrected chi connectivity index (χ1v) is 15.4. The number of nitrogens with zero attached hydrogens (tertiary/aromatic N) is 2. The second-order valence-corrected chi connectivity index (χ2v) is 16.0. The van der Waals surface area contributed by atoms with Crippen LogP contribution in [0, 0.1) is 16.0 Å². The topological polar surface area (TPSA) is 99.0 Å². The summed E-state index contributed by atoms with van der Waals surface area (Å²) in [4.78, 5) is 47.7. The molecule has 3 atom stereocenters. The lowest BCUT2D eigenvalue weighted by atomic mass is 9.83. The van der Waals surface area contributed by atoms with Crippen molar-refractivity contribution in [3.05, 3.63) is 88.5 Å². The van der Waals surface area contributed by atoms with Crippen LogP contribution in [0.3, 0.4) is 0 Å². The normalized spacial score (nSPS) is 18.6. The van der Waals surface area contributed by atoms with Gasteiger partial charge < -0.3 is 4.57 Å². The molecule has 0 aliphatic carbocycles. The van der Waals surface area contributed by atoms with Crippen LogP contribution in [-0.2, 0) is 32.2 Å². The van der Waals surface area contributed by atoms with Crippen LogP contribution in [0.15, 0.2) is 67.3 Å². The van der Waals surface area contributed by atoms with Crippen molar-refractivity contribution < 1.29 is 24.3 Å². The first-order chi connectivity index (χ1) is 17.4. The molecule has 1 heterocycles. The van der Waals surface area contributed by atoms with Crippen molar-refractivity contribution in [2.45, 2.75) is 70.3 Å². The van der Waals surface area contributed by atoms with E-state index in [0.717, 1.165) is 5.56 Å². The largest absolute Gasteiger partial charge is 0.362 e. The second-order valence-electron chi connectivity index (χ2n) is 10.9. The summed E-state index contributed by atoms with van der Waals surface area (Å²) in [5.74, 6) is -1.32. The highest BCUT2D eigenvalue weighted by molar-refractivity contribution is 6.80. The van der Waals surface area contributed by atoms with Gasteiger partial charge in [0.2, 0.25) is 5.91 Å². The summed E-state index contributed by atoms with van der Waals surface area (Å²) < 4.78 is 1.97. The van der Waals surface area contributed by atoms with Crippen molar-refractivity contribution in [3.8, 4) is 0 Å². The van der Waals surface area contributed by atoms with Gasteiger partial charge in [0.25, 0.3) is 5.69 Å². The Morgan fingerprint density at radius 1 is 1.16 bits per heavy atom. The van der Waals surface area contributed by atoms with Crippen molar-refractivity contribution in [2.24, 2.45) is 5.92 Å². The van der Waals surface area contributed by atoms with Gasteiger partial charge >= 0.3 is 5.97 Å². The molecule has 8 nitrogen and oxygen atoms in total. The van der Waals surface area contributed by atoms with E-state index in [1.165, 1.54) is 18.2 Å². The molecule has 1 saturated heterocycles. The van der Waals surface area contributed by atoms with Gasteiger partial charge in [0.05, 0.1) is 23.3 Å². The molecule has 1 aliphatic heterocycles. The zero-order chi connectivity index (χ0) is 27.4. The molecule has 0 N–H and O–H groups in total. The Hall–Kier alpha value is -3.30. The maximum atomic E-state index is 13.5. The number of para-hydroxylation sites is 1. The lowest BCUT2D eigenvalue weighted by molar-refractivity contribution is -0.385. The quantitative estimate of drug-likeness (QED) is 0.0943. The highest BCUT2D eigenvalue weighted by Crippen LogP contribution is 2.46. The van der Waals surface area contributed by atoms with Crippen LogP contribution < -0.4 is 0 Å². The number of carbonyl (C=O) groups is 2. The molecular weight excluding hydrogens is 488 g/mol. The first kappa shape index (κ1) is 28.3. The van der Waals surface area contributed by atoms with E-state index >= 15 is 0 Å². The summed E-state index contributed by atoms with van der Waals surface area (Å²) in [5.41, 5.74) is 1.14. The highest BCUT2D eigenvalue weighted by atomic mass is 28.3. The molecule has 0 saturated carbocycles. The van der Waals surface area contributed by atoms with Crippen LogP contribution in [0.25, 0.3) is 0 Å². The number of benzene rings is 2. The average molecular weight is 525 g/mol. The van der Waals surface area contributed by atoms with E-state index in [0.29, 0.717) is 12.8 Å². The monoisotopic (exact) mass is 524 g/mol. The minimum absolute atomic E-state index is 0.0238. The number of carbonyl (C=O) groups excluding carboxylic acids is 2. The van der Waals surface area contributed by atoms with Gasteiger partial charge in [-0.05, 0) is 23.4 Å². The van der Waals surface area contributed by atoms with Crippen molar-refractivity contribution in [2.75, 3.05) is 0 Å². The highest BCUT2D eigenvalue weighted by Gasteiger charge is 2.58. The number of aryl methyl sites for hydroxylation is 1. The van der Waals surface area contributed by atoms with Crippen molar-refractivity contribution in [1.82, 2.24) is 4.57 Å². The van der Waals surface area contributed by atoms with Gasteiger partial charge in [0.15, 0.2) is 8.24 Å². The summed E-state index contributed by atoms with van der Waals surface area (Å²) >= 11 is 0. The fourth-order valence-corrected chi connectivity index (χ4v) is 6.99. The third-order valence-corrected chi connectivity index (χ3v) is 13.0. The first-order valence-electron chi connectivity index (χ1n) is 12.5. The number of hydrogen-bond acceptors (Lipinski definition) is 6. The van der Waals surface area contributed by atoms with E-state index in [4.69, 9.17) is 9.78 Å². The number of β-lactam (4-membered cyclic amide) rings is 1. The number of amides is 1. The van der Waals surface area contributed by atoms with Crippen LogP contribution >= 0.6 is 0 Å². The summed E-state index contributed by atoms with van der Waals surface area (Å²) in [7, 11) is -2.17. The molecule has 0 spiro atoms. The van der Waals surface area contributed by atoms with Crippen LogP contribution in [0.4, 0.5) is 5.69 Å². The molecule has 1 aliphatic rings. The van der Waals surface area contributed by atoms with E-state index in [1.807, 2.05) is 34.9 Å². The Morgan fingerprint density at radius 2 is 1.78 bits per heavy atom. The lowest BCUT2D eigenvalue weighted by Gasteiger charge is -2.58. The standard InChI is InChI=1S/C28H36N2O6Si/c1-7-22-26(27(32)29(22)37(5,6)28(2,3)4)24(18-17-20-13-9-8-10-14-20)35-36-25(31)19-21-15-11-12-16-23(21)30(33)34/h7-16,22,24,26H,1,17-19H2,2-6H3/t22-,24+,26-/m0/s1. The van der Waals surface area contributed by atoms with E-state index in [9.17, 15) is 19.7 Å². The Kier molecular flexibility index (Phi) is 8.71. The Labute approximate surface area is 219 Å². The second kappa shape index (κ2) is 11.4. The Morgan fingerprint density at radius 3 is 2.38 bits per heavy atom. The number of nitro groups is 1. The van der Waals surface area contributed by atoms with Crippen molar-refractivity contribution >= 4 is 25.8 Å². The fourth-order valence-electron chi connectivity index (χ4n) is 4.55. The molecule has 9 heteroatoms. The molecule has 37 heavy (non-hydrogen) atoms. The van der Waals surface area contributed by atoms with Crippen LogP contribution in [0.1, 0.15) is 38.3 Å². The predicted molar refractivity (Wildman–Crippen MR) is 144 cm³/mol. The molecule has 0 bridgehead atoms. The smallest absolute Gasteiger partial charge is 0.346 e. The SMILES string of the molecule is C=C[C@H]1[C@@H]([C@@H](CCc2ccccc2)OOC(=O)Cc2ccccc2[N+](=O)[O-])C(=O)N1[Si](C)(C)C(C)(C)C. The summed E-state index contributed by atoms with van der Waals surface area (Å²) in [6, 6.07) is 15.6. The van der Waals surface area contributed by atoms with Gasteiger partial charge in [0, 0.05) is 11.6 Å². The van der Waals surface area contributed by atoms with E-state index in [2.05, 4.69) is 40.4 Å². The van der Waals surface area contributed by atoms with Gasteiger partial charge in [-0.1, -0.05) is 88.5 Å². The minimum atomic E-state index is -2.17. The lowest BCUT2D eigenvalue weighted by Crippen LogP contribution is -2.74. The molecular formula is C28H36N2O6Si. The zero-order valence-electron chi connectivity index (χ0n) is 22.2. The molecule has 198 valence electrons. The van der Waals surface area contributed by atoms with Crippen molar-refractivity contribution in [1.29, 1.82) is 0 Å². The van der Waals surface area contributed by atoms with E-state index in [1.54, 1.807) is 12.1 Å². The summed E-state index contributed by atoms with van der Waals surface area (Å²) in [6.07, 6.45) is 1.85. The Balaban J connectivity index is 1.78. The van der Waals surface area contributed by atoms with Gasteiger partial charge in [-0.25, -0.2) is 4.79 Å². The van der Waals surface area contributed by atoms with Gasteiger partial charge in [-0.2, -0.15) is 4.89 Å². The molecule has 0 aromatic heterocycles. The number of rotatable bonds is 11. The molecule has 1 fully saturated rings. The number of hydrogen-bond donors (Lipinski definition) is 0. The van der Waals surface area contributed by atoms with E-state index < -0.39 is 31.1 Å². The van der Waals surface area contributed by atoms with Gasteiger partial charge in [-0.15, -0.1) is 6.58 Å². The minimum Gasteiger partial charge on any atom is -0.362 e. The van der Waals surface area contributed by atoms with Crippen LogP contribution in [-0.4, -0.2) is 41.7 Å². The predicted octanol–water partition coefficient (Wildman–Crippen LogP) is 5.63. The fraction of sp³-hybridized carbons (Fsp3) is 0.429. The average Bonchev–Trinajstić information content (AvgIpc) is 2.83. The Bertz CT molecular complexity index is 1140. The van der Waals surface area contributed by atoms with Crippen molar-refractivity contribution in [3.63, 3.8) is 0 Å². The van der Waals surface area contributed by atoms with Gasteiger partial charge in [0.1, 0.15) is 6.10 Å². The maximum absolute atomic E-state index is 13.5. The van der Waals surface area contributed by atoms with Crippen LogP contribution in [0.2, 0.25) is 18.1 Å². The van der Waals surface area contributed by atoms with Gasteiger partial charge in [-0.3, -0.25) is 19.8 Å². The van der Waals surface area contributed by atoms with Crippen LogP contribution in [0.5, 0.6) is 0 Å². The summed E-state index contributed by atoms with van der Waals surface area (Å²) in [5, 5.41) is 11.2. The molecule has 1 amide bonds. The zero-order valence-corrected chi connectivity index (χ0v) is 23.2. The molecule has 3 rings (SSSR count). The summed E-state index contributed by atoms with van der Waals surface area (Å²) in [6.45, 7) is 14.8. The number of nitro benzene ring substituents is 1. The maximum Gasteiger partial charge on any atom is 0.346 e.